The van der Waals surface area contributed by atoms with Crippen molar-refractivity contribution < 1.29 is 0 Å². The number of rotatable bonds is 3. The summed E-state index contributed by atoms with van der Waals surface area (Å²) in [6.45, 7) is 0. The fraction of sp³-hybridized carbons (Fsp3) is 0.0465. The summed E-state index contributed by atoms with van der Waals surface area (Å²) in [7, 11) is 0. The molecule has 0 spiro atoms. The molecular formula is C43H26N2S2. The van der Waals surface area contributed by atoms with Gasteiger partial charge in [-0.1, -0.05) is 103 Å². The van der Waals surface area contributed by atoms with Gasteiger partial charge in [-0.05, 0) is 64.7 Å². The molecule has 0 saturated heterocycles. The summed E-state index contributed by atoms with van der Waals surface area (Å²) in [4.78, 5) is 1.40. The van der Waals surface area contributed by atoms with Gasteiger partial charge in [0.15, 0.2) is 0 Å². The maximum Gasteiger partial charge on any atom is 0.0991 e. The molecule has 2 aliphatic rings. The molecule has 2 nitrogen and oxygen atoms in total. The number of nitrogens with zero attached hydrogens (tertiary/aromatic N) is 2. The van der Waals surface area contributed by atoms with Crippen molar-refractivity contribution in [3.8, 4) is 34.0 Å². The second-order valence-corrected chi connectivity index (χ2v) is 14.5. The molecule has 0 saturated carbocycles. The monoisotopic (exact) mass is 634 g/mol. The summed E-state index contributed by atoms with van der Waals surface area (Å²) >= 11 is 3.88. The van der Waals surface area contributed by atoms with E-state index in [4.69, 9.17) is 0 Å². The van der Waals surface area contributed by atoms with Gasteiger partial charge in [-0.25, -0.2) is 0 Å². The first-order valence-corrected chi connectivity index (χ1v) is 17.6. The van der Waals surface area contributed by atoms with E-state index in [-0.39, 0.29) is 0 Å². The third-order valence-electron chi connectivity index (χ3n) is 9.76. The Morgan fingerprint density at radius 3 is 2.32 bits per heavy atom. The molecule has 0 fully saturated rings. The molecule has 47 heavy (non-hydrogen) atoms. The largest absolute Gasteiger partial charge is 0.308 e. The number of hydrogen-bond acceptors (Lipinski definition) is 3. The summed E-state index contributed by atoms with van der Waals surface area (Å²) < 4.78 is 4.95. The van der Waals surface area contributed by atoms with E-state index >= 15 is 0 Å². The van der Waals surface area contributed by atoms with Gasteiger partial charge in [0.2, 0.25) is 0 Å². The molecule has 220 valence electrons. The summed E-state index contributed by atoms with van der Waals surface area (Å²) in [6, 6.07) is 46.2. The van der Waals surface area contributed by atoms with Crippen molar-refractivity contribution in [2.75, 3.05) is 0 Å². The van der Waals surface area contributed by atoms with Crippen LogP contribution in [0.4, 0.5) is 0 Å². The fourth-order valence-electron chi connectivity index (χ4n) is 7.64. The van der Waals surface area contributed by atoms with Crippen molar-refractivity contribution in [1.82, 2.24) is 4.57 Å². The van der Waals surface area contributed by atoms with Gasteiger partial charge in [-0.2, -0.15) is 5.26 Å². The van der Waals surface area contributed by atoms with Crippen LogP contribution in [0.3, 0.4) is 0 Å². The Balaban J connectivity index is 1.27. The van der Waals surface area contributed by atoms with Crippen molar-refractivity contribution in [2.24, 2.45) is 0 Å². The van der Waals surface area contributed by atoms with Crippen LogP contribution in [0.15, 0.2) is 151 Å². The Bertz CT molecular complexity index is 2680. The van der Waals surface area contributed by atoms with Gasteiger partial charge >= 0.3 is 0 Å². The molecule has 4 heteroatoms. The average molecular weight is 635 g/mol. The van der Waals surface area contributed by atoms with Crippen LogP contribution in [0.5, 0.6) is 0 Å². The van der Waals surface area contributed by atoms with E-state index < -0.39 is 0 Å². The van der Waals surface area contributed by atoms with Gasteiger partial charge in [-0.3, -0.25) is 0 Å². The molecule has 0 amide bonds. The van der Waals surface area contributed by atoms with Crippen molar-refractivity contribution >= 4 is 65.1 Å². The Labute approximate surface area is 280 Å². The lowest BCUT2D eigenvalue weighted by Crippen LogP contribution is -2.06. The second-order valence-electron chi connectivity index (χ2n) is 12.3. The molecule has 8 aromatic rings. The van der Waals surface area contributed by atoms with Crippen LogP contribution in [0.1, 0.15) is 17.0 Å². The van der Waals surface area contributed by atoms with Gasteiger partial charge in [0, 0.05) is 47.9 Å². The van der Waals surface area contributed by atoms with Crippen LogP contribution >= 0.6 is 23.1 Å². The van der Waals surface area contributed by atoms with Crippen molar-refractivity contribution in [3.05, 3.63) is 157 Å². The van der Waals surface area contributed by atoms with E-state index in [1.165, 1.54) is 58.6 Å². The Morgan fingerprint density at radius 1 is 0.596 bits per heavy atom. The molecule has 3 heterocycles. The molecule has 0 bridgehead atoms. The van der Waals surface area contributed by atoms with Gasteiger partial charge in [0.25, 0.3) is 0 Å². The first kappa shape index (κ1) is 26.8. The number of aromatic nitrogens is 1. The first-order valence-electron chi connectivity index (χ1n) is 15.9. The summed E-state index contributed by atoms with van der Waals surface area (Å²) in [5, 5.41) is 14.9. The van der Waals surface area contributed by atoms with E-state index in [0.29, 0.717) is 16.7 Å². The van der Waals surface area contributed by atoms with Crippen LogP contribution in [-0.2, 0) is 0 Å². The van der Waals surface area contributed by atoms with E-state index in [0.717, 1.165) is 21.8 Å². The van der Waals surface area contributed by atoms with Gasteiger partial charge < -0.3 is 4.57 Å². The molecule has 2 aromatic heterocycles. The zero-order valence-electron chi connectivity index (χ0n) is 25.2. The van der Waals surface area contributed by atoms with Crippen molar-refractivity contribution in [2.45, 2.75) is 16.1 Å². The van der Waals surface area contributed by atoms with E-state index in [1.54, 1.807) is 0 Å². The number of para-hydroxylation sites is 1. The number of allylic oxidation sites excluding steroid dienone is 3. The van der Waals surface area contributed by atoms with Gasteiger partial charge in [0.1, 0.15) is 0 Å². The Morgan fingerprint density at radius 2 is 1.40 bits per heavy atom. The molecule has 1 aliphatic carbocycles. The summed E-state index contributed by atoms with van der Waals surface area (Å²) in [5.41, 5.74) is 10.6. The number of nitriles is 1. The number of benzene rings is 6. The summed E-state index contributed by atoms with van der Waals surface area (Å²) in [6.07, 6.45) is 9.09. The fourth-order valence-corrected chi connectivity index (χ4v) is 10.4. The smallest absolute Gasteiger partial charge is 0.0991 e. The van der Waals surface area contributed by atoms with E-state index in [1.807, 2.05) is 35.2 Å². The highest BCUT2D eigenvalue weighted by atomic mass is 32.2. The average Bonchev–Trinajstić information content (AvgIpc) is 3.81. The zero-order chi connectivity index (χ0) is 31.1. The molecule has 0 radical (unpaired) electrons. The maximum absolute atomic E-state index is 9.68. The Hall–Kier alpha value is -5.34. The normalized spacial score (nSPS) is 16.7. The minimum absolute atomic E-state index is 0.428. The highest BCUT2D eigenvalue weighted by Crippen LogP contribution is 2.53. The topological polar surface area (TPSA) is 28.7 Å². The van der Waals surface area contributed by atoms with Crippen LogP contribution < -0.4 is 0 Å². The summed E-state index contributed by atoms with van der Waals surface area (Å²) in [5.74, 6) is 0.428. The van der Waals surface area contributed by atoms with E-state index in [9.17, 15) is 5.26 Å². The van der Waals surface area contributed by atoms with E-state index in [2.05, 4.69) is 144 Å². The molecule has 0 N–H and O–H groups in total. The minimum atomic E-state index is 0.428. The standard InChI is InChI=1S/C43H26N2S2/c44-25-26-20-21-38-35(22-26)30-12-4-6-17-37(30)45(38)39-18-9-16-33-36-24-28(23-34(42(36)47-43(33)39)27-10-2-1-3-11-27)29-14-8-15-32-31-13-5-7-19-40(31)46-41(29)32/h1-24,31,40H. The zero-order valence-corrected chi connectivity index (χ0v) is 26.9. The van der Waals surface area contributed by atoms with Crippen molar-refractivity contribution in [3.63, 3.8) is 0 Å². The highest BCUT2D eigenvalue weighted by Gasteiger charge is 2.33. The number of thiophene rings is 1. The molecule has 6 aromatic carbocycles. The van der Waals surface area contributed by atoms with Crippen LogP contribution in [0.25, 0.3) is 69.9 Å². The van der Waals surface area contributed by atoms with Gasteiger partial charge in [0.05, 0.1) is 33.1 Å². The SMILES string of the molecule is N#Cc1ccc2c(c1)c1ccccc1n2-c1cccc2c1sc1c(-c3ccccc3)cc(-c3cccc4c3SC3C=CC=CC43)cc12. The van der Waals surface area contributed by atoms with Crippen molar-refractivity contribution in [1.29, 1.82) is 5.26 Å². The third kappa shape index (κ3) is 3.97. The first-order chi connectivity index (χ1) is 23.3. The molecular weight excluding hydrogens is 609 g/mol. The molecule has 2 atom stereocenters. The molecule has 10 rings (SSSR count). The predicted molar refractivity (Wildman–Crippen MR) is 200 cm³/mol. The minimum Gasteiger partial charge on any atom is -0.308 e. The maximum atomic E-state index is 9.68. The lowest BCUT2D eigenvalue weighted by Gasteiger charge is -2.14. The van der Waals surface area contributed by atoms with Crippen LogP contribution in [0.2, 0.25) is 0 Å². The highest BCUT2D eigenvalue weighted by molar-refractivity contribution is 8.00. The quantitative estimate of drug-likeness (QED) is 0.193. The second kappa shape index (κ2) is 10.3. The predicted octanol–water partition coefficient (Wildman–Crippen LogP) is 12.0. The molecule has 2 unspecified atom stereocenters. The molecule has 1 aliphatic heterocycles. The lowest BCUT2D eigenvalue weighted by molar-refractivity contribution is 0.881. The number of thioether (sulfide) groups is 1. The lowest BCUT2D eigenvalue weighted by atomic mass is 9.89. The van der Waals surface area contributed by atoms with Crippen LogP contribution in [-0.4, -0.2) is 9.82 Å². The number of hydrogen-bond donors (Lipinski definition) is 0. The van der Waals surface area contributed by atoms with Crippen LogP contribution in [0, 0.1) is 11.3 Å². The van der Waals surface area contributed by atoms with Gasteiger partial charge in [-0.15, -0.1) is 23.1 Å². The Kier molecular flexibility index (Phi) is 5.90. The number of fused-ring (bicyclic) bond motifs is 9. The third-order valence-corrected chi connectivity index (χ3v) is 12.4.